The molecule has 2 atom stereocenters. The van der Waals surface area contributed by atoms with Crippen LogP contribution in [0.5, 0.6) is 0 Å². The van der Waals surface area contributed by atoms with Crippen LogP contribution in [0.2, 0.25) is 0 Å². The summed E-state index contributed by atoms with van der Waals surface area (Å²) in [7, 11) is 0. The van der Waals surface area contributed by atoms with E-state index in [0.717, 1.165) is 58.0 Å². The molecule has 11 nitrogen and oxygen atoms in total. The van der Waals surface area contributed by atoms with Gasteiger partial charge in [0, 0.05) is 23.8 Å². The van der Waals surface area contributed by atoms with Gasteiger partial charge in [-0.3, -0.25) is 9.80 Å². The Morgan fingerprint density at radius 2 is 1.08 bits per heavy atom. The van der Waals surface area contributed by atoms with Crippen molar-refractivity contribution in [1.82, 2.24) is 19.8 Å². The summed E-state index contributed by atoms with van der Waals surface area (Å²) in [6, 6.07) is 38.1. The van der Waals surface area contributed by atoms with E-state index in [4.69, 9.17) is 19.2 Å². The van der Waals surface area contributed by atoms with E-state index in [1.807, 2.05) is 127 Å². The van der Waals surface area contributed by atoms with E-state index in [0.29, 0.717) is 31.1 Å². The first-order chi connectivity index (χ1) is 28.8. The molecule has 2 aliphatic heterocycles. The molecule has 0 radical (unpaired) electrons. The van der Waals surface area contributed by atoms with Crippen molar-refractivity contribution in [2.75, 3.05) is 19.7 Å². The Bertz CT molecular complexity index is 2230. The van der Waals surface area contributed by atoms with Gasteiger partial charge in [-0.15, -0.1) is 22.7 Å². The molecule has 2 aliphatic rings. The van der Waals surface area contributed by atoms with E-state index < -0.39 is 11.6 Å². The van der Waals surface area contributed by atoms with Crippen LogP contribution in [0.4, 0.5) is 9.59 Å². The van der Waals surface area contributed by atoms with Crippen LogP contribution in [0, 0.1) is 0 Å². The van der Waals surface area contributed by atoms with Crippen molar-refractivity contribution in [2.24, 2.45) is 0 Å². The maximum absolute atomic E-state index is 12.9. The minimum absolute atomic E-state index is 0.142. The molecule has 0 bridgehead atoms. The Balaban J connectivity index is 0.000000188. The number of amides is 2. The average molecular weight is 831 g/mol. The number of ether oxygens (including phenoxy) is 3. The number of aliphatic hydroxyl groups is 1. The van der Waals surface area contributed by atoms with Gasteiger partial charge in [-0.05, 0) is 54.9 Å². The third kappa shape index (κ3) is 9.88. The molecule has 304 valence electrons. The molecule has 59 heavy (non-hydrogen) atoms. The van der Waals surface area contributed by atoms with Crippen LogP contribution in [0.15, 0.2) is 132 Å². The third-order valence-corrected chi connectivity index (χ3v) is 12.1. The molecule has 2 fully saturated rings. The van der Waals surface area contributed by atoms with Gasteiger partial charge in [0.2, 0.25) is 0 Å². The number of hydrogen-bond acceptors (Lipinski definition) is 11. The van der Waals surface area contributed by atoms with E-state index in [9.17, 15) is 19.5 Å². The number of esters is 1. The fourth-order valence-corrected chi connectivity index (χ4v) is 9.20. The molecule has 2 saturated heterocycles. The van der Waals surface area contributed by atoms with Gasteiger partial charge >= 0.3 is 18.2 Å². The number of aromatic nitrogens is 2. The highest BCUT2D eigenvalue weighted by Gasteiger charge is 2.39. The molecule has 13 heteroatoms. The summed E-state index contributed by atoms with van der Waals surface area (Å²) >= 11 is 2.85. The Morgan fingerprint density at radius 3 is 1.56 bits per heavy atom. The van der Waals surface area contributed by atoms with Crippen molar-refractivity contribution in [1.29, 1.82) is 0 Å². The maximum atomic E-state index is 12.9. The minimum Gasteiger partial charge on any atom is -0.461 e. The molecule has 1 unspecified atom stereocenters. The lowest BCUT2D eigenvalue weighted by Crippen LogP contribution is -2.32. The Morgan fingerprint density at radius 1 is 0.644 bits per heavy atom. The summed E-state index contributed by atoms with van der Waals surface area (Å²) in [6.07, 6.45) is 2.74. The predicted molar refractivity (Wildman–Crippen MR) is 226 cm³/mol. The molecule has 2 amide bonds. The van der Waals surface area contributed by atoms with Gasteiger partial charge in [0.1, 0.15) is 23.2 Å². The largest absolute Gasteiger partial charge is 0.461 e. The first-order valence-corrected chi connectivity index (χ1v) is 21.5. The van der Waals surface area contributed by atoms with Gasteiger partial charge in [0.25, 0.3) is 0 Å². The van der Waals surface area contributed by atoms with Gasteiger partial charge in [-0.1, -0.05) is 121 Å². The lowest BCUT2D eigenvalue weighted by Gasteiger charge is -2.28. The molecule has 0 aliphatic carbocycles. The summed E-state index contributed by atoms with van der Waals surface area (Å²) in [5.41, 5.74) is 2.89. The second kappa shape index (κ2) is 19.7. The maximum Gasteiger partial charge on any atom is 0.410 e. The fraction of sp³-hybridized carbons (Fsp3) is 0.283. The first-order valence-electron chi connectivity index (χ1n) is 19.7. The molecule has 4 heterocycles. The van der Waals surface area contributed by atoms with E-state index >= 15 is 0 Å². The second-order valence-electron chi connectivity index (χ2n) is 14.1. The van der Waals surface area contributed by atoms with Crippen LogP contribution in [-0.4, -0.2) is 62.7 Å². The normalized spacial score (nSPS) is 16.2. The topological polar surface area (TPSA) is 131 Å². The summed E-state index contributed by atoms with van der Waals surface area (Å²) in [6.45, 7) is 3.82. The SMILES string of the molecule is CCOC(=O)c1csc([C@@H]2CCCN2C(=O)OCc2ccccc2)n1.O=C(OCc1ccccc1)N1CCCC1c1nc(C(O)(c2ccccc2)c2ccccc2)cs1. The molecule has 0 spiro atoms. The second-order valence-corrected chi connectivity index (χ2v) is 15.9. The van der Waals surface area contributed by atoms with Gasteiger partial charge in [-0.25, -0.2) is 24.4 Å². The van der Waals surface area contributed by atoms with Crippen molar-refractivity contribution in [3.8, 4) is 0 Å². The van der Waals surface area contributed by atoms with Gasteiger partial charge in [-0.2, -0.15) is 0 Å². The number of likely N-dealkylation sites (tertiary alicyclic amines) is 2. The molecule has 8 rings (SSSR count). The van der Waals surface area contributed by atoms with Crippen molar-refractivity contribution >= 4 is 40.8 Å². The highest BCUT2D eigenvalue weighted by molar-refractivity contribution is 7.10. The van der Waals surface area contributed by atoms with Crippen LogP contribution >= 0.6 is 22.7 Å². The number of nitrogens with zero attached hydrogens (tertiary/aromatic N) is 4. The van der Waals surface area contributed by atoms with Crippen LogP contribution in [-0.2, 0) is 33.0 Å². The number of benzene rings is 4. The van der Waals surface area contributed by atoms with Crippen LogP contribution in [0.1, 0.15) is 93.1 Å². The number of thiazole rings is 2. The first kappa shape index (κ1) is 41.3. The lowest BCUT2D eigenvalue weighted by atomic mass is 9.84. The zero-order chi connectivity index (χ0) is 41.0. The number of hydrogen-bond donors (Lipinski definition) is 1. The highest BCUT2D eigenvalue weighted by atomic mass is 32.1. The Labute approximate surface area is 351 Å². The molecule has 6 aromatic rings. The minimum atomic E-state index is -1.38. The van der Waals surface area contributed by atoms with E-state index in [2.05, 4.69) is 4.98 Å². The summed E-state index contributed by atoms with van der Waals surface area (Å²) in [4.78, 5) is 49.8. The molecule has 2 aromatic heterocycles. The smallest absolute Gasteiger partial charge is 0.410 e. The lowest BCUT2D eigenvalue weighted by molar-refractivity contribution is 0.0519. The van der Waals surface area contributed by atoms with Crippen molar-refractivity contribution in [3.05, 3.63) is 176 Å². The summed E-state index contributed by atoms with van der Waals surface area (Å²) in [5, 5.41) is 17.2. The monoisotopic (exact) mass is 830 g/mol. The fourth-order valence-electron chi connectivity index (χ4n) is 7.26. The number of carbonyl (C=O) groups is 3. The van der Waals surface area contributed by atoms with E-state index in [1.54, 1.807) is 22.1 Å². The standard InChI is InChI=1S/C28H26N2O3S.C18H20N2O4S/c31-27(33-19-21-11-4-1-5-12-21)30-18-10-17-24(30)26-29-25(20-34-26)28(32,22-13-6-2-7-14-22)23-15-8-3-9-16-23;1-2-23-17(21)14-12-25-16(19-14)15-9-6-10-20(15)18(22)24-11-13-7-4-3-5-8-13/h1-9,11-16,20,24,32H,10,17-19H2;3-5,7-8,12,15H,2,6,9-11H2,1H3/t;15-/m.0/s1. The predicted octanol–water partition coefficient (Wildman–Crippen LogP) is 9.69. The molecule has 4 aromatic carbocycles. The highest BCUT2D eigenvalue weighted by Crippen LogP contribution is 2.41. The number of rotatable bonds is 11. The van der Waals surface area contributed by atoms with Crippen LogP contribution < -0.4 is 0 Å². The van der Waals surface area contributed by atoms with Crippen molar-refractivity contribution in [3.63, 3.8) is 0 Å². The number of carbonyl (C=O) groups excluding carboxylic acids is 3. The van der Waals surface area contributed by atoms with Crippen LogP contribution in [0.3, 0.4) is 0 Å². The zero-order valence-electron chi connectivity index (χ0n) is 32.7. The van der Waals surface area contributed by atoms with Crippen molar-refractivity contribution < 1.29 is 33.7 Å². The van der Waals surface area contributed by atoms with Gasteiger partial charge in [0.15, 0.2) is 11.3 Å². The quantitative estimate of drug-likeness (QED) is 0.100. The zero-order valence-corrected chi connectivity index (χ0v) is 34.4. The van der Waals surface area contributed by atoms with E-state index in [1.165, 1.54) is 22.7 Å². The molecule has 0 saturated carbocycles. The Kier molecular flexibility index (Phi) is 13.8. The third-order valence-electron chi connectivity index (χ3n) is 10.2. The van der Waals surface area contributed by atoms with Crippen molar-refractivity contribution in [2.45, 2.75) is 63.5 Å². The Hall–Kier alpha value is -5.89. The summed E-state index contributed by atoms with van der Waals surface area (Å²) in [5.74, 6) is -0.429. The molecular weight excluding hydrogens is 785 g/mol. The van der Waals surface area contributed by atoms with Gasteiger partial charge < -0.3 is 19.3 Å². The molecular formula is C46H46N4O7S2. The summed E-state index contributed by atoms with van der Waals surface area (Å²) < 4.78 is 16.0. The van der Waals surface area contributed by atoms with Crippen LogP contribution in [0.25, 0.3) is 0 Å². The molecule has 1 N–H and O–H groups in total. The van der Waals surface area contributed by atoms with E-state index in [-0.39, 0.29) is 37.5 Å². The van der Waals surface area contributed by atoms with Gasteiger partial charge in [0.05, 0.1) is 24.4 Å². The average Bonchev–Trinajstić information content (AvgIpc) is 4.14.